The molecule has 7 nitrogen and oxygen atoms in total. The Hall–Kier alpha value is -2.41. The minimum absolute atomic E-state index is 0.0142. The van der Waals surface area contributed by atoms with Gasteiger partial charge in [-0.1, -0.05) is 24.3 Å². The van der Waals surface area contributed by atoms with Gasteiger partial charge in [-0.3, -0.25) is 9.59 Å². The topological polar surface area (TPSA) is 122 Å². The van der Waals surface area contributed by atoms with Gasteiger partial charge >= 0.3 is 5.97 Å². The van der Waals surface area contributed by atoms with Gasteiger partial charge in [-0.05, 0) is 24.0 Å². The van der Waals surface area contributed by atoms with Crippen LogP contribution in [0, 0.1) is 0 Å². The molecule has 0 aromatic heterocycles. The summed E-state index contributed by atoms with van der Waals surface area (Å²) in [5.74, 6) is -2.15. The third-order valence-corrected chi connectivity index (χ3v) is 3.69. The number of carbonyl (C=O) groups is 3. The molecule has 1 aliphatic rings. The van der Waals surface area contributed by atoms with Crippen LogP contribution in [0.15, 0.2) is 24.3 Å². The minimum Gasteiger partial charge on any atom is -0.480 e. The number of carboxylic acids is 1. The lowest BCUT2D eigenvalue weighted by Gasteiger charge is -2.26. The maximum atomic E-state index is 12.2. The van der Waals surface area contributed by atoms with E-state index in [9.17, 15) is 14.4 Å². The van der Waals surface area contributed by atoms with Crippen molar-refractivity contribution in [2.75, 3.05) is 0 Å². The highest BCUT2D eigenvalue weighted by Gasteiger charge is 2.28. The van der Waals surface area contributed by atoms with Gasteiger partial charge in [-0.25, -0.2) is 4.79 Å². The Morgan fingerprint density at radius 1 is 1.32 bits per heavy atom. The third-order valence-electron chi connectivity index (χ3n) is 3.69. The van der Waals surface area contributed by atoms with Crippen LogP contribution in [-0.2, 0) is 27.3 Å². The standard InChI is InChI=1S/C15H19N3O4/c16-13(19)6-5-11(15(21)22)18-14(20)12-7-9-3-1-2-4-10(9)8-17-12/h1-4,11-12,17H,5-8H2,(H2,16,19)(H,18,20)(H,21,22)/t11-,12-/m0/s1. The van der Waals surface area contributed by atoms with Gasteiger partial charge in [-0.2, -0.15) is 0 Å². The van der Waals surface area contributed by atoms with Gasteiger partial charge in [0.15, 0.2) is 0 Å². The van der Waals surface area contributed by atoms with Gasteiger partial charge in [0, 0.05) is 13.0 Å². The van der Waals surface area contributed by atoms with E-state index in [0.29, 0.717) is 13.0 Å². The second-order valence-electron chi connectivity index (χ2n) is 5.31. The van der Waals surface area contributed by atoms with Crippen LogP contribution in [0.25, 0.3) is 0 Å². The second kappa shape index (κ2) is 7.04. The van der Waals surface area contributed by atoms with Crippen LogP contribution < -0.4 is 16.4 Å². The number of primary amides is 1. The first kappa shape index (κ1) is 16.0. The number of carboxylic acid groups (broad SMARTS) is 1. The van der Waals surface area contributed by atoms with Crippen molar-refractivity contribution in [3.8, 4) is 0 Å². The van der Waals surface area contributed by atoms with Gasteiger partial charge in [0.2, 0.25) is 11.8 Å². The molecular weight excluding hydrogens is 286 g/mol. The molecule has 2 rings (SSSR count). The lowest BCUT2D eigenvalue weighted by molar-refractivity contribution is -0.142. The highest BCUT2D eigenvalue weighted by atomic mass is 16.4. The number of aliphatic carboxylic acids is 1. The first-order chi connectivity index (χ1) is 10.5. The summed E-state index contributed by atoms with van der Waals surface area (Å²) < 4.78 is 0. The maximum Gasteiger partial charge on any atom is 0.326 e. The van der Waals surface area contributed by atoms with E-state index in [0.717, 1.165) is 11.1 Å². The number of benzene rings is 1. The summed E-state index contributed by atoms with van der Waals surface area (Å²) in [5, 5.41) is 14.7. The Morgan fingerprint density at radius 3 is 2.64 bits per heavy atom. The maximum absolute atomic E-state index is 12.2. The molecule has 118 valence electrons. The summed E-state index contributed by atoms with van der Waals surface area (Å²) in [6, 6.07) is 6.20. The van der Waals surface area contributed by atoms with Gasteiger partial charge in [0.25, 0.3) is 0 Å². The predicted octanol–water partition coefficient (Wildman–Crippen LogP) is -0.464. The molecule has 1 heterocycles. The lowest BCUT2D eigenvalue weighted by atomic mass is 9.95. The number of nitrogens with two attached hydrogens (primary N) is 1. The van der Waals surface area contributed by atoms with Gasteiger partial charge < -0.3 is 21.5 Å². The number of nitrogens with one attached hydrogen (secondary N) is 2. The fourth-order valence-electron chi connectivity index (χ4n) is 2.46. The van der Waals surface area contributed by atoms with E-state index in [2.05, 4.69) is 10.6 Å². The van der Waals surface area contributed by atoms with E-state index in [1.807, 2.05) is 24.3 Å². The third kappa shape index (κ3) is 4.05. The molecule has 0 aliphatic carbocycles. The van der Waals surface area contributed by atoms with Gasteiger partial charge in [0.05, 0.1) is 6.04 Å². The van der Waals surface area contributed by atoms with Crippen LogP contribution in [0.1, 0.15) is 24.0 Å². The highest BCUT2D eigenvalue weighted by molar-refractivity contribution is 5.87. The van der Waals surface area contributed by atoms with Crippen molar-refractivity contribution < 1.29 is 19.5 Å². The Kier molecular flexibility index (Phi) is 5.11. The van der Waals surface area contributed by atoms with E-state index in [1.54, 1.807) is 0 Å². The van der Waals surface area contributed by atoms with Crippen molar-refractivity contribution in [2.45, 2.75) is 37.9 Å². The van der Waals surface area contributed by atoms with Gasteiger partial charge in [0.1, 0.15) is 6.04 Å². The monoisotopic (exact) mass is 305 g/mol. The molecule has 22 heavy (non-hydrogen) atoms. The molecule has 0 unspecified atom stereocenters. The van der Waals surface area contributed by atoms with E-state index in [4.69, 9.17) is 10.8 Å². The zero-order valence-electron chi connectivity index (χ0n) is 12.0. The van der Waals surface area contributed by atoms with E-state index >= 15 is 0 Å². The summed E-state index contributed by atoms with van der Waals surface area (Å²) in [4.78, 5) is 34.1. The summed E-state index contributed by atoms with van der Waals surface area (Å²) in [6.45, 7) is 0.563. The minimum atomic E-state index is -1.18. The molecule has 5 N–H and O–H groups in total. The molecule has 2 atom stereocenters. The van der Waals surface area contributed by atoms with Crippen LogP contribution in [0.5, 0.6) is 0 Å². The number of hydrogen-bond acceptors (Lipinski definition) is 4. The normalized spacial score (nSPS) is 18.1. The van der Waals surface area contributed by atoms with Gasteiger partial charge in [-0.15, -0.1) is 0 Å². The highest BCUT2D eigenvalue weighted by Crippen LogP contribution is 2.16. The van der Waals surface area contributed by atoms with E-state index < -0.39 is 24.0 Å². The first-order valence-electron chi connectivity index (χ1n) is 7.09. The molecule has 1 aliphatic heterocycles. The Morgan fingerprint density at radius 2 is 2.00 bits per heavy atom. The van der Waals surface area contributed by atoms with Crippen molar-refractivity contribution in [1.29, 1.82) is 0 Å². The molecule has 0 fully saturated rings. The average molecular weight is 305 g/mol. The molecule has 0 bridgehead atoms. The smallest absolute Gasteiger partial charge is 0.326 e. The Balaban J connectivity index is 1.96. The SMILES string of the molecule is NC(=O)CC[C@H](NC(=O)[C@@H]1Cc2ccccc2CN1)C(=O)O. The van der Waals surface area contributed by atoms with Crippen LogP contribution in [0.3, 0.4) is 0 Å². The quantitative estimate of drug-likeness (QED) is 0.566. The number of carbonyl (C=O) groups excluding carboxylic acids is 2. The molecule has 1 aromatic carbocycles. The molecule has 0 radical (unpaired) electrons. The van der Waals surface area contributed by atoms with Crippen LogP contribution in [0.2, 0.25) is 0 Å². The Labute approximate surface area is 127 Å². The zero-order chi connectivity index (χ0) is 16.1. The molecule has 1 aromatic rings. The molecule has 0 saturated heterocycles. The summed E-state index contributed by atoms with van der Waals surface area (Å²) in [7, 11) is 0. The fraction of sp³-hybridized carbons (Fsp3) is 0.400. The predicted molar refractivity (Wildman–Crippen MR) is 78.8 cm³/mol. The lowest BCUT2D eigenvalue weighted by Crippen LogP contribution is -2.52. The summed E-state index contributed by atoms with van der Waals surface area (Å²) in [6.07, 6.45) is 0.405. The zero-order valence-corrected chi connectivity index (χ0v) is 12.0. The first-order valence-corrected chi connectivity index (χ1v) is 7.09. The largest absolute Gasteiger partial charge is 0.480 e. The van der Waals surface area contributed by atoms with Crippen molar-refractivity contribution in [2.24, 2.45) is 5.73 Å². The molecule has 0 spiro atoms. The van der Waals surface area contributed by atoms with Crippen LogP contribution in [-0.4, -0.2) is 35.0 Å². The Bertz CT molecular complexity index is 588. The number of rotatable bonds is 6. The molecular formula is C15H19N3O4. The molecule has 0 saturated carbocycles. The number of hydrogen-bond donors (Lipinski definition) is 4. The van der Waals surface area contributed by atoms with E-state index in [-0.39, 0.29) is 18.7 Å². The van der Waals surface area contributed by atoms with E-state index in [1.165, 1.54) is 0 Å². The second-order valence-corrected chi connectivity index (χ2v) is 5.31. The van der Waals surface area contributed by atoms with Crippen LogP contribution >= 0.6 is 0 Å². The van der Waals surface area contributed by atoms with Crippen molar-refractivity contribution >= 4 is 17.8 Å². The summed E-state index contributed by atoms with van der Waals surface area (Å²) >= 11 is 0. The average Bonchev–Trinajstić information content (AvgIpc) is 2.50. The summed E-state index contributed by atoms with van der Waals surface area (Å²) in [5.41, 5.74) is 7.22. The molecule has 2 amide bonds. The van der Waals surface area contributed by atoms with Crippen molar-refractivity contribution in [3.05, 3.63) is 35.4 Å². The number of amides is 2. The number of fused-ring (bicyclic) bond motifs is 1. The molecule has 7 heteroatoms. The fourth-order valence-corrected chi connectivity index (χ4v) is 2.46. The van der Waals surface area contributed by atoms with Crippen LogP contribution in [0.4, 0.5) is 0 Å². The van der Waals surface area contributed by atoms with Crippen molar-refractivity contribution in [3.63, 3.8) is 0 Å². The van der Waals surface area contributed by atoms with Crippen molar-refractivity contribution in [1.82, 2.24) is 10.6 Å².